The number of nitrogens with zero attached hydrogens (tertiary/aromatic N) is 2. The van der Waals surface area contributed by atoms with Gasteiger partial charge in [-0.25, -0.2) is 4.98 Å². The zero-order chi connectivity index (χ0) is 20.4. The third kappa shape index (κ3) is 3.91. The number of nitrogens with one attached hydrogen (secondary N) is 1. The first-order valence-electron chi connectivity index (χ1n) is 9.82. The van der Waals surface area contributed by atoms with E-state index in [9.17, 15) is 9.59 Å². The van der Waals surface area contributed by atoms with Crippen molar-refractivity contribution in [2.45, 2.75) is 38.3 Å². The number of thioether (sulfide) groups is 1. The molecule has 1 N–H and O–H groups in total. The number of aryl methyl sites for hydroxylation is 2. The predicted octanol–water partition coefficient (Wildman–Crippen LogP) is 3.56. The van der Waals surface area contributed by atoms with Gasteiger partial charge in [0.15, 0.2) is 5.16 Å². The van der Waals surface area contributed by atoms with Crippen LogP contribution in [0.1, 0.15) is 30.7 Å². The minimum absolute atomic E-state index is 0.0584. The number of carbonyl (C=O) groups excluding carboxylic acids is 1. The number of ether oxygens (including phenoxy) is 1. The smallest absolute Gasteiger partial charge is 0.267 e. The summed E-state index contributed by atoms with van der Waals surface area (Å²) in [5, 5.41) is 4.07. The summed E-state index contributed by atoms with van der Waals surface area (Å²) in [6.07, 6.45) is 3.04. The van der Waals surface area contributed by atoms with E-state index in [4.69, 9.17) is 9.72 Å². The zero-order valence-corrected chi connectivity index (χ0v) is 18.1. The number of carbonyl (C=O) groups is 1. The summed E-state index contributed by atoms with van der Waals surface area (Å²) < 4.78 is 7.15. The number of rotatable bonds is 7. The lowest BCUT2D eigenvalue weighted by Crippen LogP contribution is -2.26. The van der Waals surface area contributed by atoms with E-state index < -0.39 is 0 Å². The van der Waals surface area contributed by atoms with Gasteiger partial charge in [0, 0.05) is 11.4 Å². The molecule has 1 aliphatic carbocycles. The molecule has 0 aliphatic heterocycles. The predicted molar refractivity (Wildman–Crippen MR) is 118 cm³/mol. The largest absolute Gasteiger partial charge is 0.494 e. The molecule has 0 radical (unpaired) electrons. The van der Waals surface area contributed by atoms with Crippen molar-refractivity contribution < 1.29 is 9.53 Å². The molecule has 8 heteroatoms. The fourth-order valence-corrected chi connectivity index (χ4v) is 5.73. The number of thiophene rings is 1. The lowest BCUT2D eigenvalue weighted by atomic mass is 10.2. The Hall–Kier alpha value is -2.32. The molecule has 4 rings (SSSR count). The van der Waals surface area contributed by atoms with Gasteiger partial charge in [0.05, 0.1) is 23.4 Å². The molecule has 152 valence electrons. The normalized spacial score (nSPS) is 12.9. The van der Waals surface area contributed by atoms with Crippen molar-refractivity contribution in [3.63, 3.8) is 0 Å². The quantitative estimate of drug-likeness (QED) is 0.459. The van der Waals surface area contributed by atoms with Crippen LogP contribution in [0.5, 0.6) is 5.75 Å². The van der Waals surface area contributed by atoms with Crippen molar-refractivity contribution in [1.29, 1.82) is 0 Å². The fraction of sp³-hybridized carbons (Fsp3) is 0.381. The van der Waals surface area contributed by atoms with Crippen molar-refractivity contribution in [2.24, 2.45) is 0 Å². The van der Waals surface area contributed by atoms with E-state index in [1.54, 1.807) is 15.9 Å². The van der Waals surface area contributed by atoms with Crippen LogP contribution in [0.3, 0.4) is 0 Å². The topological polar surface area (TPSA) is 73.2 Å². The molecule has 1 aromatic carbocycles. The van der Waals surface area contributed by atoms with E-state index in [-0.39, 0.29) is 17.2 Å². The molecule has 29 heavy (non-hydrogen) atoms. The van der Waals surface area contributed by atoms with E-state index in [1.165, 1.54) is 16.6 Å². The van der Waals surface area contributed by atoms with Gasteiger partial charge in [0.2, 0.25) is 5.91 Å². The van der Waals surface area contributed by atoms with Crippen LogP contribution in [0.15, 0.2) is 34.2 Å². The van der Waals surface area contributed by atoms with Crippen molar-refractivity contribution in [3.8, 4) is 11.4 Å². The highest BCUT2D eigenvalue weighted by Crippen LogP contribution is 2.36. The average Bonchev–Trinajstić information content (AvgIpc) is 3.28. The Morgan fingerprint density at radius 2 is 2.07 bits per heavy atom. The molecule has 0 atom stereocenters. The minimum Gasteiger partial charge on any atom is -0.494 e. The monoisotopic (exact) mass is 429 g/mol. The number of amides is 1. The standard InChI is InChI=1S/C21H23N3O3S2/c1-3-22-17(25)12-28-21-23-19-18(15-6-5-7-16(15)29-19)20(26)24(21)13-8-10-14(11-9-13)27-4-2/h8-11H,3-7,12H2,1-2H3,(H,22,25). The second kappa shape index (κ2) is 8.59. The molecule has 6 nitrogen and oxygen atoms in total. The van der Waals surface area contributed by atoms with Crippen molar-refractivity contribution in [3.05, 3.63) is 45.1 Å². The molecule has 0 spiro atoms. The number of hydrogen-bond acceptors (Lipinski definition) is 6. The highest BCUT2D eigenvalue weighted by molar-refractivity contribution is 7.99. The molecule has 2 heterocycles. The molecule has 0 saturated heterocycles. The molecule has 3 aromatic rings. The number of hydrogen-bond donors (Lipinski definition) is 1. The minimum atomic E-state index is -0.0706. The second-order valence-corrected chi connectivity index (χ2v) is 8.77. The summed E-state index contributed by atoms with van der Waals surface area (Å²) in [4.78, 5) is 32.4. The van der Waals surface area contributed by atoms with Crippen molar-refractivity contribution >= 4 is 39.2 Å². The number of benzene rings is 1. The Bertz CT molecular complexity index is 1100. The van der Waals surface area contributed by atoms with Crippen LogP contribution < -0.4 is 15.6 Å². The third-order valence-corrected chi connectivity index (χ3v) is 6.94. The van der Waals surface area contributed by atoms with Gasteiger partial charge in [0.25, 0.3) is 5.56 Å². The first kappa shape index (κ1) is 20.0. The van der Waals surface area contributed by atoms with E-state index >= 15 is 0 Å². The van der Waals surface area contributed by atoms with Gasteiger partial charge in [0.1, 0.15) is 10.6 Å². The first-order valence-corrected chi connectivity index (χ1v) is 11.6. The fourth-order valence-electron chi connectivity index (χ4n) is 3.59. The van der Waals surface area contributed by atoms with Crippen LogP contribution in [-0.2, 0) is 17.6 Å². The zero-order valence-electron chi connectivity index (χ0n) is 16.5. The van der Waals surface area contributed by atoms with Gasteiger partial charge in [-0.05, 0) is 62.9 Å². The van der Waals surface area contributed by atoms with Gasteiger partial charge in [-0.1, -0.05) is 11.8 Å². The SMILES string of the molecule is CCNC(=O)CSc1nc2sc3c(c2c(=O)n1-c1ccc(OCC)cc1)CCC3. The molecule has 2 aromatic heterocycles. The Morgan fingerprint density at radius 1 is 1.28 bits per heavy atom. The highest BCUT2D eigenvalue weighted by Gasteiger charge is 2.24. The maximum absolute atomic E-state index is 13.5. The average molecular weight is 430 g/mol. The molecule has 0 unspecified atom stereocenters. The van der Waals surface area contributed by atoms with Crippen LogP contribution in [-0.4, -0.2) is 34.4 Å². The van der Waals surface area contributed by atoms with Gasteiger partial charge < -0.3 is 10.1 Å². The van der Waals surface area contributed by atoms with E-state index in [0.717, 1.165) is 46.5 Å². The van der Waals surface area contributed by atoms with Gasteiger partial charge in [-0.15, -0.1) is 11.3 Å². The highest BCUT2D eigenvalue weighted by atomic mass is 32.2. The lowest BCUT2D eigenvalue weighted by Gasteiger charge is -2.13. The Labute approximate surface area is 177 Å². The van der Waals surface area contributed by atoms with Gasteiger partial charge >= 0.3 is 0 Å². The van der Waals surface area contributed by atoms with Crippen LogP contribution in [0, 0.1) is 0 Å². The molecule has 0 bridgehead atoms. The Kier molecular flexibility index (Phi) is 5.91. The Balaban J connectivity index is 1.82. The summed E-state index contributed by atoms with van der Waals surface area (Å²) in [6, 6.07) is 7.43. The molecule has 1 amide bonds. The maximum Gasteiger partial charge on any atom is 0.267 e. The third-order valence-electron chi connectivity index (χ3n) is 4.82. The molecule has 1 aliphatic rings. The lowest BCUT2D eigenvalue weighted by molar-refractivity contribution is -0.118. The summed E-state index contributed by atoms with van der Waals surface area (Å²) >= 11 is 2.90. The van der Waals surface area contributed by atoms with Crippen LogP contribution in [0.25, 0.3) is 15.9 Å². The molecular weight excluding hydrogens is 406 g/mol. The van der Waals surface area contributed by atoms with Gasteiger partial charge in [-0.2, -0.15) is 0 Å². The second-order valence-electron chi connectivity index (χ2n) is 6.74. The molecular formula is C21H23N3O3S2. The summed E-state index contributed by atoms with van der Waals surface area (Å²) in [5.74, 6) is 0.901. The summed E-state index contributed by atoms with van der Waals surface area (Å²) in [5.41, 5.74) is 1.82. The van der Waals surface area contributed by atoms with E-state index in [0.29, 0.717) is 18.3 Å². The van der Waals surface area contributed by atoms with Crippen LogP contribution >= 0.6 is 23.1 Å². The number of fused-ring (bicyclic) bond motifs is 3. The maximum atomic E-state index is 13.5. The van der Waals surface area contributed by atoms with Crippen molar-refractivity contribution in [2.75, 3.05) is 18.9 Å². The van der Waals surface area contributed by atoms with Crippen LogP contribution in [0.2, 0.25) is 0 Å². The Morgan fingerprint density at radius 3 is 2.79 bits per heavy atom. The number of aromatic nitrogens is 2. The van der Waals surface area contributed by atoms with E-state index in [1.807, 2.05) is 38.1 Å². The first-order chi connectivity index (χ1) is 14.1. The molecule has 0 fully saturated rings. The van der Waals surface area contributed by atoms with Crippen LogP contribution in [0.4, 0.5) is 0 Å². The van der Waals surface area contributed by atoms with Gasteiger partial charge in [-0.3, -0.25) is 14.2 Å². The molecule has 0 saturated carbocycles. The van der Waals surface area contributed by atoms with E-state index in [2.05, 4.69) is 5.32 Å². The summed E-state index contributed by atoms with van der Waals surface area (Å²) in [6.45, 7) is 4.98. The van der Waals surface area contributed by atoms with Crippen molar-refractivity contribution in [1.82, 2.24) is 14.9 Å². The summed E-state index contributed by atoms with van der Waals surface area (Å²) in [7, 11) is 0.